The summed E-state index contributed by atoms with van der Waals surface area (Å²) >= 11 is 0. The van der Waals surface area contributed by atoms with Gasteiger partial charge in [-0.2, -0.15) is 0 Å². The minimum atomic E-state index is -0.805. The molecule has 1 aromatic rings. The number of aliphatic carboxylic acids is 1. The van der Waals surface area contributed by atoms with Gasteiger partial charge in [-0.15, -0.1) is 0 Å². The molecule has 1 aliphatic carbocycles. The molecule has 0 bridgehead atoms. The zero-order valence-electron chi connectivity index (χ0n) is 15.7. The van der Waals surface area contributed by atoms with Gasteiger partial charge < -0.3 is 15.3 Å². The normalized spacial score (nSPS) is 22.4. The number of carbonyl (C=O) groups is 3. The molecular weight excluding hydrogens is 344 g/mol. The van der Waals surface area contributed by atoms with Gasteiger partial charge in [0.1, 0.15) is 0 Å². The molecule has 0 spiro atoms. The highest BCUT2D eigenvalue weighted by Gasteiger charge is 2.31. The van der Waals surface area contributed by atoms with Crippen LogP contribution in [0.1, 0.15) is 50.5 Å². The molecule has 6 heteroatoms. The van der Waals surface area contributed by atoms with Gasteiger partial charge in [-0.05, 0) is 56.2 Å². The number of hydrogen-bond acceptors (Lipinski definition) is 3. The Morgan fingerprint density at radius 2 is 1.67 bits per heavy atom. The molecule has 2 fully saturated rings. The van der Waals surface area contributed by atoms with E-state index >= 15 is 0 Å². The molecule has 3 rings (SSSR count). The van der Waals surface area contributed by atoms with Crippen LogP contribution in [0.3, 0.4) is 0 Å². The Labute approximate surface area is 159 Å². The van der Waals surface area contributed by atoms with Crippen LogP contribution in [0, 0.1) is 11.8 Å². The topological polar surface area (TPSA) is 86.7 Å². The average molecular weight is 372 g/mol. The smallest absolute Gasteiger partial charge is 0.306 e. The summed E-state index contributed by atoms with van der Waals surface area (Å²) in [6, 6.07) is 7.58. The van der Waals surface area contributed by atoms with E-state index in [2.05, 4.69) is 5.32 Å². The molecule has 2 atom stereocenters. The molecule has 6 nitrogen and oxygen atoms in total. The van der Waals surface area contributed by atoms with E-state index in [-0.39, 0.29) is 17.7 Å². The van der Waals surface area contributed by atoms with E-state index in [1.54, 1.807) is 0 Å². The summed E-state index contributed by atoms with van der Waals surface area (Å²) < 4.78 is 0. The SMILES string of the molecule is O=C(O)C1CCCC(C(=O)Nc2ccc(CCC(=O)N3CCCC3)cc2)C1. The Bertz CT molecular complexity index is 680. The van der Waals surface area contributed by atoms with Gasteiger partial charge in [0, 0.05) is 31.1 Å². The van der Waals surface area contributed by atoms with E-state index in [0.717, 1.165) is 44.3 Å². The summed E-state index contributed by atoms with van der Waals surface area (Å²) in [5.74, 6) is -1.34. The van der Waals surface area contributed by atoms with Crippen molar-refractivity contribution < 1.29 is 19.5 Å². The number of aryl methyl sites for hydroxylation is 1. The van der Waals surface area contributed by atoms with Crippen LogP contribution in [-0.4, -0.2) is 40.9 Å². The van der Waals surface area contributed by atoms with Crippen LogP contribution in [0.5, 0.6) is 0 Å². The van der Waals surface area contributed by atoms with Crippen LogP contribution < -0.4 is 5.32 Å². The molecule has 27 heavy (non-hydrogen) atoms. The van der Waals surface area contributed by atoms with Gasteiger partial charge in [-0.3, -0.25) is 14.4 Å². The zero-order valence-corrected chi connectivity index (χ0v) is 15.7. The van der Waals surface area contributed by atoms with Crippen molar-refractivity contribution in [1.82, 2.24) is 4.90 Å². The number of carboxylic acids is 1. The highest BCUT2D eigenvalue weighted by atomic mass is 16.4. The van der Waals surface area contributed by atoms with Crippen LogP contribution in [0.25, 0.3) is 0 Å². The van der Waals surface area contributed by atoms with E-state index in [1.807, 2.05) is 29.2 Å². The standard InChI is InChI=1S/C21H28N2O4/c24-19(23-12-1-2-13-23)11-8-15-6-9-18(10-7-15)22-20(25)16-4-3-5-17(14-16)21(26)27/h6-7,9-10,16-17H,1-5,8,11-14H2,(H,22,25)(H,26,27). The second-order valence-electron chi connectivity index (χ2n) is 7.67. The lowest BCUT2D eigenvalue weighted by molar-refractivity contribution is -0.143. The summed E-state index contributed by atoms with van der Waals surface area (Å²) in [7, 11) is 0. The van der Waals surface area contributed by atoms with Crippen molar-refractivity contribution >= 4 is 23.5 Å². The van der Waals surface area contributed by atoms with Gasteiger partial charge in [-0.1, -0.05) is 18.6 Å². The fourth-order valence-corrected chi connectivity index (χ4v) is 4.03. The van der Waals surface area contributed by atoms with Crippen LogP contribution >= 0.6 is 0 Å². The van der Waals surface area contributed by atoms with Crippen molar-refractivity contribution in [3.8, 4) is 0 Å². The van der Waals surface area contributed by atoms with E-state index in [4.69, 9.17) is 5.11 Å². The summed E-state index contributed by atoms with van der Waals surface area (Å²) in [4.78, 5) is 37.6. The fraction of sp³-hybridized carbons (Fsp3) is 0.571. The molecule has 2 aliphatic rings. The maximum Gasteiger partial charge on any atom is 0.306 e. The first-order valence-corrected chi connectivity index (χ1v) is 9.93. The predicted octanol–water partition coefficient (Wildman–Crippen LogP) is 3.07. The number of rotatable bonds is 6. The number of anilines is 1. The lowest BCUT2D eigenvalue weighted by Gasteiger charge is -2.25. The molecule has 1 aromatic carbocycles. The third-order valence-corrected chi connectivity index (χ3v) is 5.70. The molecule has 2 N–H and O–H groups in total. The number of carboxylic acid groups (broad SMARTS) is 1. The van der Waals surface area contributed by atoms with Crippen LogP contribution in [0.2, 0.25) is 0 Å². The van der Waals surface area contributed by atoms with Crippen LogP contribution in [-0.2, 0) is 20.8 Å². The lowest BCUT2D eigenvalue weighted by Crippen LogP contribution is -2.30. The maximum atomic E-state index is 12.4. The predicted molar refractivity (Wildman–Crippen MR) is 102 cm³/mol. The van der Waals surface area contributed by atoms with Gasteiger partial charge in [-0.25, -0.2) is 0 Å². The molecule has 146 valence electrons. The van der Waals surface area contributed by atoms with E-state index < -0.39 is 11.9 Å². The first-order valence-electron chi connectivity index (χ1n) is 9.93. The van der Waals surface area contributed by atoms with Gasteiger partial charge in [0.15, 0.2) is 0 Å². The van der Waals surface area contributed by atoms with Gasteiger partial charge in [0.25, 0.3) is 0 Å². The van der Waals surface area contributed by atoms with Crippen molar-refractivity contribution in [3.05, 3.63) is 29.8 Å². The number of amides is 2. The molecule has 1 aliphatic heterocycles. The quantitative estimate of drug-likeness (QED) is 0.803. The van der Waals surface area contributed by atoms with Crippen molar-refractivity contribution in [2.24, 2.45) is 11.8 Å². The van der Waals surface area contributed by atoms with Crippen molar-refractivity contribution in [2.75, 3.05) is 18.4 Å². The number of nitrogens with one attached hydrogen (secondary N) is 1. The molecule has 2 unspecified atom stereocenters. The number of likely N-dealkylation sites (tertiary alicyclic amines) is 1. The zero-order chi connectivity index (χ0) is 19.2. The van der Waals surface area contributed by atoms with Crippen molar-refractivity contribution in [1.29, 1.82) is 0 Å². The first kappa shape index (κ1) is 19.4. The minimum Gasteiger partial charge on any atom is -0.481 e. The van der Waals surface area contributed by atoms with E-state index in [9.17, 15) is 14.4 Å². The summed E-state index contributed by atoms with van der Waals surface area (Å²) in [6.07, 6.45) is 6.02. The minimum absolute atomic E-state index is 0.0992. The Kier molecular flexibility index (Phi) is 6.48. The number of carbonyl (C=O) groups excluding carboxylic acids is 2. The second kappa shape index (κ2) is 9.02. The van der Waals surface area contributed by atoms with Crippen LogP contribution in [0.15, 0.2) is 24.3 Å². The monoisotopic (exact) mass is 372 g/mol. The third kappa shape index (κ3) is 5.31. The van der Waals surface area contributed by atoms with Crippen LogP contribution in [0.4, 0.5) is 5.69 Å². The Morgan fingerprint density at radius 3 is 2.33 bits per heavy atom. The summed E-state index contributed by atoms with van der Waals surface area (Å²) in [5.41, 5.74) is 1.79. The Balaban J connectivity index is 1.47. The highest BCUT2D eigenvalue weighted by molar-refractivity contribution is 5.93. The number of nitrogens with zero attached hydrogens (tertiary/aromatic N) is 1. The largest absolute Gasteiger partial charge is 0.481 e. The van der Waals surface area contributed by atoms with Crippen molar-refractivity contribution in [3.63, 3.8) is 0 Å². The third-order valence-electron chi connectivity index (χ3n) is 5.70. The second-order valence-corrected chi connectivity index (χ2v) is 7.67. The van der Waals surface area contributed by atoms with Gasteiger partial charge >= 0.3 is 5.97 Å². The molecular formula is C21H28N2O4. The van der Waals surface area contributed by atoms with Gasteiger partial charge in [0.2, 0.25) is 11.8 Å². The number of hydrogen-bond donors (Lipinski definition) is 2. The fourth-order valence-electron chi connectivity index (χ4n) is 4.03. The molecule has 1 saturated heterocycles. The highest BCUT2D eigenvalue weighted by Crippen LogP contribution is 2.30. The maximum absolute atomic E-state index is 12.4. The Hall–Kier alpha value is -2.37. The van der Waals surface area contributed by atoms with E-state index in [0.29, 0.717) is 31.4 Å². The molecule has 1 heterocycles. The van der Waals surface area contributed by atoms with Crippen molar-refractivity contribution in [2.45, 2.75) is 51.4 Å². The summed E-state index contributed by atoms with van der Waals surface area (Å²) in [5, 5.41) is 12.1. The molecule has 2 amide bonds. The lowest BCUT2D eigenvalue weighted by atomic mass is 9.81. The molecule has 0 aromatic heterocycles. The first-order chi connectivity index (χ1) is 13.0. The number of benzene rings is 1. The summed E-state index contributed by atoms with van der Waals surface area (Å²) in [6.45, 7) is 1.77. The average Bonchev–Trinajstić information content (AvgIpc) is 3.22. The van der Waals surface area contributed by atoms with E-state index in [1.165, 1.54) is 0 Å². The Morgan fingerprint density at radius 1 is 1.00 bits per heavy atom. The molecule has 1 saturated carbocycles. The van der Waals surface area contributed by atoms with Gasteiger partial charge in [0.05, 0.1) is 5.92 Å². The molecule has 0 radical (unpaired) electrons.